The van der Waals surface area contributed by atoms with Crippen molar-refractivity contribution in [3.63, 3.8) is 0 Å². The van der Waals surface area contributed by atoms with E-state index in [9.17, 15) is 0 Å². The van der Waals surface area contributed by atoms with Crippen LogP contribution in [0, 0.1) is 11.3 Å². The zero-order chi connectivity index (χ0) is 13.4. The summed E-state index contributed by atoms with van der Waals surface area (Å²) in [6.45, 7) is 4.68. The molecule has 0 saturated carbocycles. The highest BCUT2D eigenvalue weighted by atomic mass is 16.5. The summed E-state index contributed by atoms with van der Waals surface area (Å²) < 4.78 is 5.19. The number of hydrogen-bond donors (Lipinski definition) is 1. The van der Waals surface area contributed by atoms with Crippen LogP contribution >= 0.6 is 0 Å². The lowest BCUT2D eigenvalue weighted by atomic mass is 10.1. The SMILES string of the molecule is COc1cccc(CCCCNC(C)(C)C#N)c1. The average Bonchev–Trinajstić information content (AvgIpc) is 2.38. The molecule has 0 saturated heterocycles. The lowest BCUT2D eigenvalue weighted by Gasteiger charge is -2.17. The van der Waals surface area contributed by atoms with Gasteiger partial charge in [-0.2, -0.15) is 5.26 Å². The lowest BCUT2D eigenvalue weighted by molar-refractivity contribution is 0.414. The number of nitrogens with one attached hydrogen (secondary N) is 1. The smallest absolute Gasteiger partial charge is 0.119 e. The summed E-state index contributed by atoms with van der Waals surface area (Å²) >= 11 is 0. The molecule has 18 heavy (non-hydrogen) atoms. The quantitative estimate of drug-likeness (QED) is 0.752. The molecule has 0 fully saturated rings. The van der Waals surface area contributed by atoms with Gasteiger partial charge in [0.1, 0.15) is 11.3 Å². The summed E-state index contributed by atoms with van der Waals surface area (Å²) in [6, 6.07) is 10.4. The molecule has 1 rings (SSSR count). The first-order chi connectivity index (χ1) is 8.57. The Bertz CT molecular complexity index is 407. The molecule has 0 amide bonds. The molecule has 0 aliphatic carbocycles. The van der Waals surface area contributed by atoms with Gasteiger partial charge >= 0.3 is 0 Å². The van der Waals surface area contributed by atoms with Crippen LogP contribution in [0.2, 0.25) is 0 Å². The van der Waals surface area contributed by atoms with Gasteiger partial charge in [0.15, 0.2) is 0 Å². The minimum Gasteiger partial charge on any atom is -0.497 e. The molecular formula is C15H22N2O. The molecule has 0 atom stereocenters. The Morgan fingerprint density at radius 1 is 1.33 bits per heavy atom. The van der Waals surface area contributed by atoms with Crippen LogP contribution in [-0.2, 0) is 6.42 Å². The molecular weight excluding hydrogens is 224 g/mol. The molecule has 0 aromatic heterocycles. The van der Waals surface area contributed by atoms with Crippen molar-refractivity contribution < 1.29 is 4.74 Å². The van der Waals surface area contributed by atoms with Crippen molar-refractivity contribution in [2.24, 2.45) is 0 Å². The Morgan fingerprint density at radius 3 is 2.78 bits per heavy atom. The van der Waals surface area contributed by atoms with Crippen molar-refractivity contribution in [2.45, 2.75) is 38.6 Å². The predicted octanol–water partition coefficient (Wildman–Crippen LogP) is 2.91. The topological polar surface area (TPSA) is 45.0 Å². The number of nitriles is 1. The second-order valence-electron chi connectivity index (χ2n) is 4.97. The predicted molar refractivity (Wildman–Crippen MR) is 73.6 cm³/mol. The fourth-order valence-corrected chi connectivity index (χ4v) is 1.72. The van der Waals surface area contributed by atoms with Crippen molar-refractivity contribution in [3.05, 3.63) is 29.8 Å². The Labute approximate surface area is 110 Å². The zero-order valence-electron chi connectivity index (χ0n) is 11.5. The van der Waals surface area contributed by atoms with Gasteiger partial charge in [-0.25, -0.2) is 0 Å². The maximum atomic E-state index is 8.86. The van der Waals surface area contributed by atoms with Gasteiger partial charge in [-0.3, -0.25) is 5.32 Å². The van der Waals surface area contributed by atoms with Crippen molar-refractivity contribution in [3.8, 4) is 11.8 Å². The fourth-order valence-electron chi connectivity index (χ4n) is 1.72. The van der Waals surface area contributed by atoms with Crippen molar-refractivity contribution in [1.82, 2.24) is 5.32 Å². The summed E-state index contributed by atoms with van der Waals surface area (Å²) in [7, 11) is 1.69. The Kier molecular flexibility index (Phi) is 5.67. The summed E-state index contributed by atoms with van der Waals surface area (Å²) in [5, 5.41) is 12.1. The Morgan fingerprint density at radius 2 is 2.11 bits per heavy atom. The van der Waals surface area contributed by atoms with Crippen molar-refractivity contribution >= 4 is 0 Å². The number of benzene rings is 1. The summed E-state index contributed by atoms with van der Waals surface area (Å²) in [5.74, 6) is 0.913. The first-order valence-electron chi connectivity index (χ1n) is 6.36. The van der Waals surface area contributed by atoms with Crippen LogP contribution in [0.5, 0.6) is 5.75 Å². The van der Waals surface area contributed by atoms with E-state index >= 15 is 0 Å². The minimum atomic E-state index is -0.421. The van der Waals surface area contributed by atoms with E-state index in [1.54, 1.807) is 7.11 Å². The van der Waals surface area contributed by atoms with Gasteiger partial charge < -0.3 is 4.74 Å². The van der Waals surface area contributed by atoms with Crippen LogP contribution in [0.1, 0.15) is 32.3 Å². The average molecular weight is 246 g/mol. The number of hydrogen-bond acceptors (Lipinski definition) is 3. The molecule has 0 heterocycles. The molecule has 98 valence electrons. The molecule has 0 radical (unpaired) electrons. The highest BCUT2D eigenvalue weighted by molar-refractivity contribution is 5.28. The van der Waals surface area contributed by atoms with Gasteiger partial charge in [0.25, 0.3) is 0 Å². The molecule has 1 aromatic carbocycles. The minimum absolute atomic E-state index is 0.421. The Hall–Kier alpha value is -1.53. The van der Waals surface area contributed by atoms with E-state index < -0.39 is 5.54 Å². The Balaban J connectivity index is 2.24. The second-order valence-corrected chi connectivity index (χ2v) is 4.97. The molecule has 0 aliphatic rings. The van der Waals surface area contributed by atoms with Gasteiger partial charge in [0.05, 0.1) is 13.2 Å². The van der Waals surface area contributed by atoms with Crippen LogP contribution in [0.25, 0.3) is 0 Å². The van der Waals surface area contributed by atoms with E-state index in [0.717, 1.165) is 31.6 Å². The number of aryl methyl sites for hydroxylation is 1. The molecule has 3 heteroatoms. The number of unbranched alkanes of at least 4 members (excludes halogenated alkanes) is 1. The van der Waals surface area contributed by atoms with Gasteiger partial charge in [-0.1, -0.05) is 12.1 Å². The second kappa shape index (κ2) is 7.03. The van der Waals surface area contributed by atoms with Crippen molar-refractivity contribution in [1.29, 1.82) is 5.26 Å². The molecule has 1 aromatic rings. The molecule has 0 aliphatic heterocycles. The molecule has 0 unspecified atom stereocenters. The van der Waals surface area contributed by atoms with Gasteiger partial charge in [0.2, 0.25) is 0 Å². The third kappa shape index (κ3) is 5.20. The van der Waals surface area contributed by atoms with Crippen LogP contribution in [0.4, 0.5) is 0 Å². The van der Waals surface area contributed by atoms with E-state index in [0.29, 0.717) is 0 Å². The summed E-state index contributed by atoms with van der Waals surface area (Å²) in [5.41, 5.74) is 0.879. The standard InChI is InChI=1S/C15H22N2O/c1-15(2,12-16)17-10-5-4-7-13-8-6-9-14(11-13)18-3/h6,8-9,11,17H,4-5,7,10H2,1-3H3. The van der Waals surface area contributed by atoms with Gasteiger partial charge in [0, 0.05) is 0 Å². The third-order valence-electron chi connectivity index (χ3n) is 2.87. The largest absolute Gasteiger partial charge is 0.497 e. The van der Waals surface area contributed by atoms with Gasteiger partial charge in [-0.15, -0.1) is 0 Å². The number of nitrogens with zero attached hydrogens (tertiary/aromatic N) is 1. The number of methoxy groups -OCH3 is 1. The number of rotatable bonds is 7. The van der Waals surface area contributed by atoms with E-state index in [-0.39, 0.29) is 0 Å². The first kappa shape index (κ1) is 14.5. The van der Waals surface area contributed by atoms with E-state index in [2.05, 4.69) is 23.5 Å². The molecule has 1 N–H and O–H groups in total. The van der Waals surface area contributed by atoms with E-state index in [4.69, 9.17) is 10.00 Å². The highest BCUT2D eigenvalue weighted by Crippen LogP contribution is 2.14. The summed E-state index contributed by atoms with van der Waals surface area (Å²) in [4.78, 5) is 0. The normalized spacial score (nSPS) is 11.0. The zero-order valence-corrected chi connectivity index (χ0v) is 11.5. The lowest BCUT2D eigenvalue weighted by Crippen LogP contribution is -2.38. The first-order valence-corrected chi connectivity index (χ1v) is 6.36. The highest BCUT2D eigenvalue weighted by Gasteiger charge is 2.13. The number of ether oxygens (including phenoxy) is 1. The maximum Gasteiger partial charge on any atom is 0.119 e. The molecule has 0 bridgehead atoms. The maximum absolute atomic E-state index is 8.86. The summed E-state index contributed by atoms with van der Waals surface area (Å²) in [6.07, 6.45) is 3.23. The van der Waals surface area contributed by atoms with Crippen LogP contribution < -0.4 is 10.1 Å². The monoisotopic (exact) mass is 246 g/mol. The third-order valence-corrected chi connectivity index (χ3v) is 2.87. The van der Waals surface area contributed by atoms with Gasteiger partial charge in [-0.05, 0) is 57.4 Å². The van der Waals surface area contributed by atoms with E-state index in [1.165, 1.54) is 5.56 Å². The van der Waals surface area contributed by atoms with Crippen LogP contribution in [0.3, 0.4) is 0 Å². The van der Waals surface area contributed by atoms with Crippen molar-refractivity contribution in [2.75, 3.05) is 13.7 Å². The van der Waals surface area contributed by atoms with Crippen LogP contribution in [0.15, 0.2) is 24.3 Å². The van der Waals surface area contributed by atoms with Crippen LogP contribution in [-0.4, -0.2) is 19.2 Å². The fraction of sp³-hybridized carbons (Fsp3) is 0.533. The molecule has 3 nitrogen and oxygen atoms in total. The molecule has 0 spiro atoms. The van der Waals surface area contributed by atoms with E-state index in [1.807, 2.05) is 26.0 Å².